The first-order valence-corrected chi connectivity index (χ1v) is 4.10. The van der Waals surface area contributed by atoms with Gasteiger partial charge in [-0.15, -0.1) is 0 Å². The van der Waals surface area contributed by atoms with Crippen molar-refractivity contribution in [2.45, 2.75) is 27.2 Å². The average molecular weight is 147 g/mol. The van der Waals surface area contributed by atoms with Crippen molar-refractivity contribution in [2.24, 2.45) is 0 Å². The van der Waals surface area contributed by atoms with E-state index >= 15 is 0 Å². The lowest BCUT2D eigenvalue weighted by Gasteiger charge is -2.11. The van der Waals surface area contributed by atoms with E-state index in [0.717, 1.165) is 19.5 Å². The summed E-state index contributed by atoms with van der Waals surface area (Å²) in [5, 5.41) is 8.38. The predicted octanol–water partition coefficient (Wildman–Crippen LogP) is 1.35. The fourth-order valence-electron chi connectivity index (χ4n) is 0.499. The van der Waals surface area contributed by atoms with Crippen LogP contribution in [0.1, 0.15) is 27.2 Å². The van der Waals surface area contributed by atoms with Crippen LogP contribution in [0.4, 0.5) is 0 Å². The van der Waals surface area contributed by atoms with Crippen LogP contribution in [0.15, 0.2) is 0 Å². The van der Waals surface area contributed by atoms with Crippen molar-refractivity contribution in [1.29, 1.82) is 0 Å². The molecular weight excluding hydrogens is 126 g/mol. The van der Waals surface area contributed by atoms with Crippen LogP contribution in [0.5, 0.6) is 0 Å². The molecule has 0 aromatic carbocycles. The molecule has 0 unspecified atom stereocenters. The summed E-state index contributed by atoms with van der Waals surface area (Å²) in [6.07, 6.45) is 0.893. The lowest BCUT2D eigenvalue weighted by molar-refractivity contribution is 0.252. The second kappa shape index (κ2) is 11.7. The quantitative estimate of drug-likeness (QED) is 0.649. The molecule has 0 atom stereocenters. The molecule has 0 aliphatic rings. The van der Waals surface area contributed by atoms with E-state index < -0.39 is 0 Å². The number of aliphatic hydroxyl groups excluding tert-OH is 1. The Balaban J connectivity index is 0. The molecule has 2 nitrogen and oxygen atoms in total. The summed E-state index contributed by atoms with van der Waals surface area (Å²) in [4.78, 5) is 2.18. The van der Waals surface area contributed by atoms with Crippen molar-refractivity contribution in [2.75, 3.05) is 26.7 Å². The second-order valence-corrected chi connectivity index (χ2v) is 1.97. The van der Waals surface area contributed by atoms with Crippen LogP contribution >= 0.6 is 0 Å². The van der Waals surface area contributed by atoms with Crippen molar-refractivity contribution in [1.82, 2.24) is 4.90 Å². The third-order valence-corrected chi connectivity index (χ3v) is 1.24. The van der Waals surface area contributed by atoms with Crippen molar-refractivity contribution >= 4 is 0 Å². The molecule has 0 aliphatic carbocycles. The van der Waals surface area contributed by atoms with Gasteiger partial charge in [0.05, 0.1) is 0 Å². The van der Waals surface area contributed by atoms with Gasteiger partial charge in [0.25, 0.3) is 0 Å². The number of aliphatic hydroxyl groups is 1. The summed E-state index contributed by atoms with van der Waals surface area (Å²) >= 11 is 0. The Morgan fingerprint density at radius 3 is 2.10 bits per heavy atom. The van der Waals surface area contributed by atoms with Crippen LogP contribution in [0.2, 0.25) is 0 Å². The lowest BCUT2D eigenvalue weighted by Crippen LogP contribution is -2.19. The van der Waals surface area contributed by atoms with Gasteiger partial charge in [-0.3, -0.25) is 0 Å². The van der Waals surface area contributed by atoms with Crippen LogP contribution in [-0.2, 0) is 0 Å². The Labute approximate surface area is 64.9 Å². The van der Waals surface area contributed by atoms with Crippen LogP contribution in [0.25, 0.3) is 0 Å². The fourth-order valence-corrected chi connectivity index (χ4v) is 0.499. The molecule has 0 saturated carbocycles. The fraction of sp³-hybridized carbons (Fsp3) is 1.00. The zero-order valence-corrected chi connectivity index (χ0v) is 7.72. The predicted molar refractivity (Wildman–Crippen MR) is 46.2 cm³/mol. The van der Waals surface area contributed by atoms with Crippen molar-refractivity contribution < 1.29 is 5.11 Å². The Bertz CT molecular complexity index is 48.5. The second-order valence-electron chi connectivity index (χ2n) is 1.97. The molecule has 0 fully saturated rings. The summed E-state index contributed by atoms with van der Waals surface area (Å²) < 4.78 is 0. The number of hydrogen-bond acceptors (Lipinski definition) is 2. The first kappa shape index (κ1) is 12.6. The number of rotatable bonds is 4. The van der Waals surface area contributed by atoms with Crippen LogP contribution in [-0.4, -0.2) is 36.8 Å². The van der Waals surface area contributed by atoms with Gasteiger partial charge in [-0.1, -0.05) is 20.8 Å². The first-order chi connectivity index (χ1) is 4.81. The van der Waals surface area contributed by atoms with E-state index in [9.17, 15) is 0 Å². The summed E-state index contributed by atoms with van der Waals surface area (Å²) in [5.41, 5.74) is 0. The van der Waals surface area contributed by atoms with Crippen LogP contribution in [0, 0.1) is 0 Å². The summed E-state index contributed by atoms with van der Waals surface area (Å²) in [5.74, 6) is 0. The number of hydrogen-bond donors (Lipinski definition) is 1. The highest BCUT2D eigenvalue weighted by atomic mass is 16.3. The molecule has 0 amide bonds. The minimum atomic E-state index is 0.310. The highest BCUT2D eigenvalue weighted by Crippen LogP contribution is 1.83. The Morgan fingerprint density at radius 1 is 1.30 bits per heavy atom. The molecule has 0 radical (unpaired) electrons. The summed E-state index contributed by atoms with van der Waals surface area (Å²) in [7, 11) is 2.05. The molecule has 0 aliphatic heterocycles. The molecule has 0 aromatic heterocycles. The van der Waals surface area contributed by atoms with Gasteiger partial charge in [-0.25, -0.2) is 0 Å². The minimum absolute atomic E-state index is 0.310. The van der Waals surface area contributed by atoms with Gasteiger partial charge in [0.1, 0.15) is 0 Å². The average Bonchev–Trinajstić information content (AvgIpc) is 2.04. The lowest BCUT2D eigenvalue weighted by atomic mass is 10.4. The Hall–Kier alpha value is -0.0800. The smallest absolute Gasteiger partial charge is 0.0443 e. The highest BCUT2D eigenvalue weighted by Gasteiger charge is 1.89. The molecule has 0 bridgehead atoms. The standard InChI is InChI=1S/C6H15NO.C2H6/c1-3-7(2)5-4-6-8;1-2/h8H,3-6H2,1-2H3;1-2H3. The number of nitrogens with zero attached hydrogens (tertiary/aromatic N) is 1. The Kier molecular flexibility index (Phi) is 14.7. The summed E-state index contributed by atoms with van der Waals surface area (Å²) in [6, 6.07) is 0. The van der Waals surface area contributed by atoms with Gasteiger partial charge in [-0.05, 0) is 26.6 Å². The minimum Gasteiger partial charge on any atom is -0.396 e. The van der Waals surface area contributed by atoms with E-state index in [1.165, 1.54) is 0 Å². The van der Waals surface area contributed by atoms with Gasteiger partial charge < -0.3 is 10.0 Å². The Morgan fingerprint density at radius 2 is 1.80 bits per heavy atom. The molecule has 1 N–H and O–H groups in total. The molecule has 0 heterocycles. The first-order valence-electron chi connectivity index (χ1n) is 4.10. The van der Waals surface area contributed by atoms with E-state index in [2.05, 4.69) is 18.9 Å². The molecule has 2 heteroatoms. The van der Waals surface area contributed by atoms with Gasteiger partial charge in [-0.2, -0.15) is 0 Å². The zero-order valence-electron chi connectivity index (χ0n) is 7.72. The van der Waals surface area contributed by atoms with Gasteiger partial charge >= 0.3 is 0 Å². The van der Waals surface area contributed by atoms with Crippen molar-refractivity contribution in [3.8, 4) is 0 Å². The molecular formula is C8H21NO. The van der Waals surface area contributed by atoms with Gasteiger partial charge in [0.2, 0.25) is 0 Å². The SMILES string of the molecule is CC.CCN(C)CCCO. The molecule has 0 rings (SSSR count). The molecule has 0 saturated heterocycles. The monoisotopic (exact) mass is 147 g/mol. The molecule has 0 spiro atoms. The van der Waals surface area contributed by atoms with E-state index in [1.54, 1.807) is 0 Å². The van der Waals surface area contributed by atoms with Crippen molar-refractivity contribution in [3.63, 3.8) is 0 Å². The van der Waals surface area contributed by atoms with Crippen molar-refractivity contribution in [3.05, 3.63) is 0 Å². The van der Waals surface area contributed by atoms with E-state index in [0.29, 0.717) is 6.61 Å². The maximum Gasteiger partial charge on any atom is 0.0443 e. The van der Waals surface area contributed by atoms with Gasteiger partial charge in [0.15, 0.2) is 0 Å². The van der Waals surface area contributed by atoms with Crippen LogP contribution in [0.3, 0.4) is 0 Å². The third kappa shape index (κ3) is 10.8. The normalized spacial score (nSPS) is 9.00. The largest absolute Gasteiger partial charge is 0.396 e. The zero-order chi connectivity index (χ0) is 8.41. The maximum atomic E-state index is 8.38. The van der Waals surface area contributed by atoms with E-state index in [-0.39, 0.29) is 0 Å². The topological polar surface area (TPSA) is 23.5 Å². The maximum absolute atomic E-state index is 8.38. The van der Waals surface area contributed by atoms with Gasteiger partial charge in [0, 0.05) is 6.61 Å². The third-order valence-electron chi connectivity index (χ3n) is 1.24. The van der Waals surface area contributed by atoms with E-state index in [1.807, 2.05) is 13.8 Å². The molecule has 10 heavy (non-hydrogen) atoms. The highest BCUT2D eigenvalue weighted by molar-refractivity contribution is 4.44. The summed E-state index contributed by atoms with van der Waals surface area (Å²) in [6.45, 7) is 8.49. The molecule has 0 aromatic rings. The molecule has 64 valence electrons. The van der Waals surface area contributed by atoms with Crippen LogP contribution < -0.4 is 0 Å². The van der Waals surface area contributed by atoms with E-state index in [4.69, 9.17) is 5.11 Å².